The second-order valence-electron chi connectivity index (χ2n) is 6.16. The van der Waals surface area contributed by atoms with Crippen LogP contribution in [-0.4, -0.2) is 56.1 Å². The van der Waals surface area contributed by atoms with Crippen LogP contribution in [0.25, 0.3) is 0 Å². The molecule has 0 spiro atoms. The molecule has 2 amide bonds. The third-order valence-electron chi connectivity index (χ3n) is 4.41. The molecule has 0 bridgehead atoms. The molecule has 2 fully saturated rings. The summed E-state index contributed by atoms with van der Waals surface area (Å²) < 4.78 is 5.16. The number of piperidine rings is 1. The van der Waals surface area contributed by atoms with Gasteiger partial charge in [0.15, 0.2) is 0 Å². The molecule has 0 aromatic rings. The van der Waals surface area contributed by atoms with Crippen LogP contribution in [0, 0.1) is 11.8 Å². The van der Waals surface area contributed by atoms with Crippen molar-refractivity contribution >= 4 is 11.8 Å². The maximum Gasteiger partial charge on any atom is 0.225 e. The molecule has 1 aliphatic heterocycles. The van der Waals surface area contributed by atoms with Crippen LogP contribution in [0.2, 0.25) is 0 Å². The molecule has 21 heavy (non-hydrogen) atoms. The summed E-state index contributed by atoms with van der Waals surface area (Å²) in [6, 6.07) is 0. The van der Waals surface area contributed by atoms with Crippen molar-refractivity contribution in [3.05, 3.63) is 0 Å². The molecule has 6 nitrogen and oxygen atoms in total. The average molecular weight is 297 g/mol. The van der Waals surface area contributed by atoms with Crippen LogP contribution in [0.15, 0.2) is 0 Å². The number of hydrogen-bond acceptors (Lipinski definition) is 4. The van der Waals surface area contributed by atoms with E-state index in [2.05, 4.69) is 5.32 Å². The Balaban J connectivity index is 1.78. The van der Waals surface area contributed by atoms with Crippen molar-refractivity contribution in [2.75, 3.05) is 33.3 Å². The van der Waals surface area contributed by atoms with Gasteiger partial charge in [0.25, 0.3) is 0 Å². The Labute approximate surface area is 126 Å². The fraction of sp³-hybridized carbons (Fsp3) is 0.867. The molecule has 6 heteroatoms. The van der Waals surface area contributed by atoms with E-state index in [9.17, 15) is 9.59 Å². The van der Waals surface area contributed by atoms with Crippen molar-refractivity contribution in [2.24, 2.45) is 17.6 Å². The van der Waals surface area contributed by atoms with Gasteiger partial charge in [0.1, 0.15) is 0 Å². The number of likely N-dealkylation sites (tertiary alicyclic amines) is 1. The number of ether oxygens (including phenoxy) is 1. The first-order valence-electron chi connectivity index (χ1n) is 7.92. The van der Waals surface area contributed by atoms with Gasteiger partial charge in [-0.25, -0.2) is 0 Å². The highest BCUT2D eigenvalue weighted by Crippen LogP contribution is 2.28. The summed E-state index contributed by atoms with van der Waals surface area (Å²) >= 11 is 0. The van der Waals surface area contributed by atoms with Gasteiger partial charge in [-0.05, 0) is 31.6 Å². The molecule has 2 aliphatic rings. The standard InChI is InChI=1S/C15H27N3O3/c1-21-13(8-16)7-14(19)18-6-2-3-12(10-18)15(20)17-9-11-4-5-11/h11-13H,2-10,16H2,1H3,(H,17,20). The topological polar surface area (TPSA) is 84.7 Å². The lowest BCUT2D eigenvalue weighted by molar-refractivity contribution is -0.137. The summed E-state index contributed by atoms with van der Waals surface area (Å²) in [7, 11) is 1.56. The molecule has 1 saturated heterocycles. The minimum absolute atomic E-state index is 0.0343. The number of nitrogens with zero attached hydrogens (tertiary/aromatic N) is 1. The summed E-state index contributed by atoms with van der Waals surface area (Å²) in [5, 5.41) is 3.02. The van der Waals surface area contributed by atoms with Crippen LogP contribution in [0.1, 0.15) is 32.1 Å². The van der Waals surface area contributed by atoms with E-state index >= 15 is 0 Å². The number of hydrogen-bond donors (Lipinski definition) is 2. The number of methoxy groups -OCH3 is 1. The number of nitrogens with one attached hydrogen (secondary N) is 1. The Hall–Kier alpha value is -1.14. The van der Waals surface area contributed by atoms with Gasteiger partial charge in [-0.2, -0.15) is 0 Å². The van der Waals surface area contributed by atoms with E-state index in [4.69, 9.17) is 10.5 Å². The molecule has 3 N–H and O–H groups in total. The summed E-state index contributed by atoms with van der Waals surface area (Å²) in [4.78, 5) is 26.2. The molecule has 1 saturated carbocycles. The molecule has 0 radical (unpaired) electrons. The zero-order valence-electron chi connectivity index (χ0n) is 12.8. The second kappa shape index (κ2) is 7.75. The second-order valence-corrected chi connectivity index (χ2v) is 6.16. The van der Waals surface area contributed by atoms with E-state index < -0.39 is 0 Å². The van der Waals surface area contributed by atoms with Crippen molar-refractivity contribution in [3.63, 3.8) is 0 Å². The lowest BCUT2D eigenvalue weighted by Gasteiger charge is -2.32. The van der Waals surface area contributed by atoms with Crippen LogP contribution in [0.3, 0.4) is 0 Å². The molecule has 2 rings (SSSR count). The predicted molar refractivity (Wildman–Crippen MR) is 79.5 cm³/mol. The van der Waals surface area contributed by atoms with Crippen LogP contribution < -0.4 is 11.1 Å². The number of carbonyl (C=O) groups is 2. The molecule has 1 aliphatic carbocycles. The maximum atomic E-state index is 12.2. The highest BCUT2D eigenvalue weighted by molar-refractivity contribution is 5.81. The zero-order valence-corrected chi connectivity index (χ0v) is 12.8. The predicted octanol–water partition coefficient (Wildman–Crippen LogP) is 0.115. The number of nitrogens with two attached hydrogens (primary N) is 1. The van der Waals surface area contributed by atoms with E-state index in [0.29, 0.717) is 25.4 Å². The van der Waals surface area contributed by atoms with E-state index in [1.807, 2.05) is 0 Å². The Morgan fingerprint density at radius 2 is 2.14 bits per heavy atom. The van der Waals surface area contributed by atoms with Gasteiger partial charge < -0.3 is 20.7 Å². The first-order valence-corrected chi connectivity index (χ1v) is 7.92. The highest BCUT2D eigenvalue weighted by Gasteiger charge is 2.30. The zero-order chi connectivity index (χ0) is 15.2. The molecule has 1 heterocycles. The molecular weight excluding hydrogens is 270 g/mol. The van der Waals surface area contributed by atoms with Crippen molar-refractivity contribution in [3.8, 4) is 0 Å². The Morgan fingerprint density at radius 3 is 2.76 bits per heavy atom. The molecular formula is C15H27N3O3. The Morgan fingerprint density at radius 1 is 1.38 bits per heavy atom. The first-order chi connectivity index (χ1) is 10.1. The maximum absolute atomic E-state index is 12.2. The van der Waals surface area contributed by atoms with Crippen molar-refractivity contribution in [1.82, 2.24) is 10.2 Å². The molecule has 0 aromatic heterocycles. The number of carbonyl (C=O) groups excluding carboxylic acids is 2. The summed E-state index contributed by atoms with van der Waals surface area (Å²) in [6.45, 7) is 2.38. The first kappa shape index (κ1) is 16.2. The van der Waals surface area contributed by atoms with Gasteiger partial charge in [0.05, 0.1) is 18.4 Å². The van der Waals surface area contributed by atoms with Crippen LogP contribution in [0.4, 0.5) is 0 Å². The minimum atomic E-state index is -0.235. The fourth-order valence-electron chi connectivity index (χ4n) is 2.72. The monoisotopic (exact) mass is 297 g/mol. The van der Waals surface area contributed by atoms with Crippen molar-refractivity contribution in [1.29, 1.82) is 0 Å². The summed E-state index contributed by atoms with van der Waals surface area (Å²) in [6.07, 6.45) is 4.27. The van der Waals surface area contributed by atoms with Gasteiger partial charge in [0, 0.05) is 33.3 Å². The Kier molecular flexibility index (Phi) is 5.99. The van der Waals surface area contributed by atoms with E-state index in [-0.39, 0.29) is 23.8 Å². The van der Waals surface area contributed by atoms with Gasteiger partial charge in [-0.1, -0.05) is 0 Å². The largest absolute Gasteiger partial charge is 0.380 e. The summed E-state index contributed by atoms with van der Waals surface area (Å²) in [5.41, 5.74) is 5.55. The van der Waals surface area contributed by atoms with Crippen molar-refractivity contribution < 1.29 is 14.3 Å². The molecule has 0 aromatic carbocycles. The van der Waals surface area contributed by atoms with Crippen LogP contribution in [-0.2, 0) is 14.3 Å². The van der Waals surface area contributed by atoms with Gasteiger partial charge in [-0.15, -0.1) is 0 Å². The van der Waals surface area contributed by atoms with Crippen LogP contribution in [0.5, 0.6) is 0 Å². The number of rotatable bonds is 7. The smallest absolute Gasteiger partial charge is 0.225 e. The van der Waals surface area contributed by atoms with Crippen LogP contribution >= 0.6 is 0 Å². The quantitative estimate of drug-likeness (QED) is 0.699. The van der Waals surface area contributed by atoms with Gasteiger partial charge in [-0.3, -0.25) is 9.59 Å². The van der Waals surface area contributed by atoms with E-state index in [1.54, 1.807) is 12.0 Å². The van der Waals surface area contributed by atoms with Gasteiger partial charge >= 0.3 is 0 Å². The SMILES string of the molecule is COC(CN)CC(=O)N1CCCC(C(=O)NCC2CC2)C1. The molecule has 120 valence electrons. The molecule has 2 atom stereocenters. The average Bonchev–Trinajstić information content (AvgIpc) is 3.34. The van der Waals surface area contributed by atoms with E-state index in [0.717, 1.165) is 25.9 Å². The molecule has 2 unspecified atom stereocenters. The lowest BCUT2D eigenvalue weighted by Crippen LogP contribution is -2.46. The van der Waals surface area contributed by atoms with Crippen molar-refractivity contribution in [2.45, 2.75) is 38.2 Å². The summed E-state index contributed by atoms with van der Waals surface area (Å²) in [5.74, 6) is 0.746. The van der Waals surface area contributed by atoms with E-state index in [1.165, 1.54) is 12.8 Å². The normalized spacial score (nSPS) is 23.7. The highest BCUT2D eigenvalue weighted by atomic mass is 16.5. The Bertz CT molecular complexity index is 367. The third-order valence-corrected chi connectivity index (χ3v) is 4.41. The number of amides is 2. The lowest BCUT2D eigenvalue weighted by atomic mass is 9.96. The van der Waals surface area contributed by atoms with Gasteiger partial charge in [0.2, 0.25) is 11.8 Å². The fourth-order valence-corrected chi connectivity index (χ4v) is 2.72. The third kappa shape index (κ3) is 4.97. The minimum Gasteiger partial charge on any atom is -0.380 e.